The van der Waals surface area contributed by atoms with Gasteiger partial charge in [-0.05, 0) is 51.4 Å². The number of hydrogen-bond donors (Lipinski definition) is 1. The molecule has 0 fully saturated rings. The van der Waals surface area contributed by atoms with Gasteiger partial charge < -0.3 is 14.2 Å². The van der Waals surface area contributed by atoms with Crippen molar-refractivity contribution in [2.75, 3.05) is 6.54 Å². The van der Waals surface area contributed by atoms with Gasteiger partial charge in [0.25, 0.3) is 0 Å². The number of nitrogens with one attached hydrogen (secondary N) is 1. The molecule has 0 saturated carbocycles. The molecule has 3 nitrogen and oxygen atoms in total. The number of furan rings is 2. The summed E-state index contributed by atoms with van der Waals surface area (Å²) in [5, 5.41) is 3.58. The van der Waals surface area contributed by atoms with Crippen LogP contribution >= 0.6 is 0 Å². The van der Waals surface area contributed by atoms with Crippen LogP contribution in [0, 0.1) is 20.8 Å². The smallest absolute Gasteiger partial charge is 0.125 e. The average Bonchev–Trinajstić information content (AvgIpc) is 2.99. The number of hydrogen-bond acceptors (Lipinski definition) is 3. The summed E-state index contributed by atoms with van der Waals surface area (Å²) in [6, 6.07) is 4.22. The molecule has 1 atom stereocenters. The second-order valence-electron chi connectivity index (χ2n) is 5.30. The lowest BCUT2D eigenvalue weighted by atomic mass is 10.00. The van der Waals surface area contributed by atoms with E-state index >= 15 is 0 Å². The highest BCUT2D eigenvalue weighted by molar-refractivity contribution is 5.38. The summed E-state index contributed by atoms with van der Waals surface area (Å²) in [5.41, 5.74) is 2.43. The van der Waals surface area contributed by atoms with Crippen molar-refractivity contribution in [3.8, 4) is 0 Å². The molecule has 1 unspecified atom stereocenters. The zero-order chi connectivity index (χ0) is 14.7. The molecule has 3 heteroatoms. The molecule has 0 radical (unpaired) electrons. The van der Waals surface area contributed by atoms with Gasteiger partial charge in [-0.3, -0.25) is 0 Å². The van der Waals surface area contributed by atoms with Gasteiger partial charge in [0.15, 0.2) is 0 Å². The Bertz CT molecular complexity index is 566. The predicted octanol–water partition coefficient (Wildman–Crippen LogP) is 4.45. The Balaban J connectivity index is 2.41. The van der Waals surface area contributed by atoms with E-state index in [1.165, 1.54) is 11.1 Å². The van der Waals surface area contributed by atoms with Crippen LogP contribution < -0.4 is 5.32 Å². The van der Waals surface area contributed by atoms with Crippen LogP contribution in [0.1, 0.15) is 60.5 Å². The van der Waals surface area contributed by atoms with E-state index in [9.17, 15) is 0 Å². The molecule has 20 heavy (non-hydrogen) atoms. The topological polar surface area (TPSA) is 38.3 Å². The Morgan fingerprint density at radius 2 is 1.80 bits per heavy atom. The first kappa shape index (κ1) is 14.9. The minimum Gasteiger partial charge on any atom is -0.466 e. The van der Waals surface area contributed by atoms with Crippen molar-refractivity contribution < 1.29 is 8.83 Å². The second-order valence-corrected chi connectivity index (χ2v) is 5.30. The number of rotatable bonds is 6. The highest BCUT2D eigenvalue weighted by Crippen LogP contribution is 2.32. The molecule has 0 saturated heterocycles. The molecule has 0 aromatic carbocycles. The van der Waals surface area contributed by atoms with Crippen LogP contribution in [-0.2, 0) is 6.42 Å². The van der Waals surface area contributed by atoms with Crippen molar-refractivity contribution in [3.63, 3.8) is 0 Å². The maximum Gasteiger partial charge on any atom is 0.125 e. The van der Waals surface area contributed by atoms with Gasteiger partial charge >= 0.3 is 0 Å². The minimum atomic E-state index is 0.0766. The monoisotopic (exact) mass is 275 g/mol. The molecule has 1 N–H and O–H groups in total. The molecular formula is C17H25NO2. The van der Waals surface area contributed by atoms with E-state index in [-0.39, 0.29) is 6.04 Å². The number of aryl methyl sites for hydroxylation is 3. The van der Waals surface area contributed by atoms with Gasteiger partial charge in [0.1, 0.15) is 23.0 Å². The standard InChI is InChI=1S/C17H25NO2/c1-6-10-18-17(15-9-8-14(7-2)20-15)16-11(3)12(4)19-13(16)5/h8-9,17-18H,6-7,10H2,1-5H3. The Labute approximate surface area is 121 Å². The first-order valence-electron chi connectivity index (χ1n) is 7.46. The Hall–Kier alpha value is -1.48. The van der Waals surface area contributed by atoms with Gasteiger partial charge in [0.05, 0.1) is 6.04 Å². The fourth-order valence-corrected chi connectivity index (χ4v) is 2.61. The van der Waals surface area contributed by atoms with Crippen LogP contribution in [0.3, 0.4) is 0 Å². The SMILES string of the molecule is CCCNC(c1ccc(CC)o1)c1c(C)oc(C)c1C. The third-order valence-electron chi connectivity index (χ3n) is 3.82. The van der Waals surface area contributed by atoms with Gasteiger partial charge in [0.2, 0.25) is 0 Å². The van der Waals surface area contributed by atoms with Crippen LogP contribution in [0.5, 0.6) is 0 Å². The zero-order valence-electron chi connectivity index (χ0n) is 13.2. The minimum absolute atomic E-state index is 0.0766. The molecular weight excluding hydrogens is 250 g/mol. The summed E-state index contributed by atoms with van der Waals surface area (Å²) in [7, 11) is 0. The van der Waals surface area contributed by atoms with Crippen molar-refractivity contribution in [2.24, 2.45) is 0 Å². The van der Waals surface area contributed by atoms with Gasteiger partial charge in [-0.25, -0.2) is 0 Å². The highest BCUT2D eigenvalue weighted by atomic mass is 16.3. The van der Waals surface area contributed by atoms with E-state index in [4.69, 9.17) is 8.83 Å². The van der Waals surface area contributed by atoms with E-state index in [0.717, 1.165) is 42.4 Å². The van der Waals surface area contributed by atoms with Gasteiger partial charge in [0, 0.05) is 12.0 Å². The Morgan fingerprint density at radius 3 is 2.30 bits per heavy atom. The second kappa shape index (κ2) is 6.31. The van der Waals surface area contributed by atoms with E-state index in [0.29, 0.717) is 0 Å². The normalized spacial score (nSPS) is 12.8. The Morgan fingerprint density at radius 1 is 1.05 bits per heavy atom. The van der Waals surface area contributed by atoms with Crippen LogP contribution in [0.4, 0.5) is 0 Å². The molecule has 0 bridgehead atoms. The van der Waals surface area contributed by atoms with Crippen molar-refractivity contribution in [1.29, 1.82) is 0 Å². The quantitative estimate of drug-likeness (QED) is 0.846. The molecule has 0 aliphatic heterocycles. The van der Waals surface area contributed by atoms with E-state index in [1.807, 2.05) is 13.8 Å². The first-order chi connectivity index (χ1) is 9.58. The molecule has 0 aliphatic rings. The van der Waals surface area contributed by atoms with E-state index in [1.54, 1.807) is 0 Å². The summed E-state index contributed by atoms with van der Waals surface area (Å²) in [4.78, 5) is 0. The molecule has 0 amide bonds. The summed E-state index contributed by atoms with van der Waals surface area (Å²) in [5.74, 6) is 3.97. The van der Waals surface area contributed by atoms with E-state index < -0.39 is 0 Å². The largest absolute Gasteiger partial charge is 0.466 e. The predicted molar refractivity (Wildman–Crippen MR) is 81.1 cm³/mol. The van der Waals surface area contributed by atoms with Crippen molar-refractivity contribution >= 4 is 0 Å². The third kappa shape index (κ3) is 2.83. The third-order valence-corrected chi connectivity index (χ3v) is 3.82. The summed E-state index contributed by atoms with van der Waals surface area (Å²) in [6.07, 6.45) is 2.01. The first-order valence-corrected chi connectivity index (χ1v) is 7.46. The Kier molecular flexibility index (Phi) is 4.71. The molecule has 2 aromatic heterocycles. The summed E-state index contributed by atoms with van der Waals surface area (Å²) >= 11 is 0. The lowest BCUT2D eigenvalue weighted by molar-refractivity contribution is 0.416. The summed E-state index contributed by atoms with van der Waals surface area (Å²) in [6.45, 7) is 11.4. The maximum atomic E-state index is 5.96. The van der Waals surface area contributed by atoms with Gasteiger partial charge in [-0.2, -0.15) is 0 Å². The maximum absolute atomic E-state index is 5.96. The fraction of sp³-hybridized carbons (Fsp3) is 0.529. The summed E-state index contributed by atoms with van der Waals surface area (Å²) < 4.78 is 11.7. The van der Waals surface area contributed by atoms with E-state index in [2.05, 4.69) is 38.2 Å². The lowest BCUT2D eigenvalue weighted by Gasteiger charge is -2.17. The zero-order valence-corrected chi connectivity index (χ0v) is 13.2. The van der Waals surface area contributed by atoms with Crippen molar-refractivity contribution in [2.45, 2.75) is 53.5 Å². The van der Waals surface area contributed by atoms with Crippen LogP contribution in [-0.4, -0.2) is 6.54 Å². The average molecular weight is 275 g/mol. The van der Waals surface area contributed by atoms with Gasteiger partial charge in [-0.1, -0.05) is 13.8 Å². The molecule has 2 heterocycles. The van der Waals surface area contributed by atoms with Crippen LogP contribution in [0.15, 0.2) is 21.0 Å². The highest BCUT2D eigenvalue weighted by Gasteiger charge is 2.24. The van der Waals surface area contributed by atoms with Crippen molar-refractivity contribution in [3.05, 3.63) is 46.3 Å². The van der Waals surface area contributed by atoms with Crippen LogP contribution in [0.25, 0.3) is 0 Å². The van der Waals surface area contributed by atoms with Gasteiger partial charge in [-0.15, -0.1) is 0 Å². The molecule has 2 rings (SSSR count). The van der Waals surface area contributed by atoms with Crippen LogP contribution in [0.2, 0.25) is 0 Å². The molecule has 0 spiro atoms. The molecule has 0 aliphatic carbocycles. The van der Waals surface area contributed by atoms with Crippen molar-refractivity contribution in [1.82, 2.24) is 5.32 Å². The lowest BCUT2D eigenvalue weighted by Crippen LogP contribution is -2.23. The molecule has 2 aromatic rings. The fourth-order valence-electron chi connectivity index (χ4n) is 2.61. The molecule has 110 valence electrons.